The number of carbonyl (C=O) groups is 1. The first kappa shape index (κ1) is 12.6. The van der Waals surface area contributed by atoms with Crippen molar-refractivity contribution in [2.24, 2.45) is 11.3 Å². The summed E-state index contributed by atoms with van der Waals surface area (Å²) >= 11 is 0. The average Bonchev–Trinajstić information content (AvgIpc) is 3.00. The van der Waals surface area contributed by atoms with Crippen LogP contribution in [0.1, 0.15) is 5.56 Å². The standard InChI is InChI=1S/C15H20N2O2/c18-14(15-10-16-8-13(15)9-19-11-15)17-7-6-12-4-2-1-3-5-12/h1-5,13,16H,6-11H2,(H,17,18)/t13-,15-/m1/s1. The Morgan fingerprint density at radius 3 is 3.11 bits per heavy atom. The predicted octanol–water partition coefficient (Wildman–Crippen LogP) is 0.581. The highest BCUT2D eigenvalue weighted by Gasteiger charge is 2.52. The minimum absolute atomic E-state index is 0.149. The third-order valence-corrected chi connectivity index (χ3v) is 4.29. The zero-order chi connectivity index (χ0) is 13.1. The molecule has 2 saturated heterocycles. The first-order valence-corrected chi connectivity index (χ1v) is 6.92. The molecule has 0 saturated carbocycles. The van der Waals surface area contributed by atoms with E-state index in [0.29, 0.717) is 25.7 Å². The van der Waals surface area contributed by atoms with E-state index >= 15 is 0 Å². The molecule has 2 fully saturated rings. The molecule has 2 atom stereocenters. The number of rotatable bonds is 4. The van der Waals surface area contributed by atoms with Crippen LogP contribution in [0.25, 0.3) is 0 Å². The maximum Gasteiger partial charge on any atom is 0.230 e. The van der Waals surface area contributed by atoms with Crippen LogP contribution in [0, 0.1) is 11.3 Å². The number of fused-ring (bicyclic) bond motifs is 1. The van der Waals surface area contributed by atoms with Crippen LogP contribution in [0.5, 0.6) is 0 Å². The Morgan fingerprint density at radius 1 is 1.42 bits per heavy atom. The number of benzene rings is 1. The minimum Gasteiger partial charge on any atom is -0.380 e. The van der Waals surface area contributed by atoms with E-state index in [1.165, 1.54) is 5.56 Å². The Kier molecular flexibility index (Phi) is 3.53. The Hall–Kier alpha value is -1.39. The summed E-state index contributed by atoms with van der Waals surface area (Å²) in [6.07, 6.45) is 0.877. The summed E-state index contributed by atoms with van der Waals surface area (Å²) in [6, 6.07) is 10.2. The van der Waals surface area contributed by atoms with Crippen molar-refractivity contribution >= 4 is 5.91 Å². The lowest BCUT2D eigenvalue weighted by atomic mass is 9.80. The number of ether oxygens (including phenoxy) is 1. The molecule has 2 aliphatic heterocycles. The van der Waals surface area contributed by atoms with E-state index < -0.39 is 0 Å². The maximum absolute atomic E-state index is 12.4. The predicted molar refractivity (Wildman–Crippen MR) is 72.8 cm³/mol. The number of amides is 1. The van der Waals surface area contributed by atoms with Crippen molar-refractivity contribution in [1.29, 1.82) is 0 Å². The van der Waals surface area contributed by atoms with E-state index in [4.69, 9.17) is 4.74 Å². The highest BCUT2D eigenvalue weighted by molar-refractivity contribution is 5.84. The lowest BCUT2D eigenvalue weighted by Gasteiger charge is -2.24. The minimum atomic E-state index is -0.323. The summed E-state index contributed by atoms with van der Waals surface area (Å²) in [5, 5.41) is 6.39. The molecule has 0 bridgehead atoms. The van der Waals surface area contributed by atoms with Gasteiger partial charge in [0, 0.05) is 25.6 Å². The lowest BCUT2D eigenvalue weighted by Crippen LogP contribution is -2.46. The molecule has 1 aromatic carbocycles. The first-order chi connectivity index (χ1) is 9.31. The fourth-order valence-corrected chi connectivity index (χ4v) is 3.05. The fraction of sp³-hybridized carbons (Fsp3) is 0.533. The van der Waals surface area contributed by atoms with Crippen LogP contribution in [0.15, 0.2) is 30.3 Å². The maximum atomic E-state index is 12.4. The van der Waals surface area contributed by atoms with Gasteiger partial charge in [-0.05, 0) is 12.0 Å². The monoisotopic (exact) mass is 260 g/mol. The van der Waals surface area contributed by atoms with Gasteiger partial charge in [0.05, 0.1) is 18.6 Å². The Labute approximate surface area is 113 Å². The molecule has 2 heterocycles. The zero-order valence-electron chi connectivity index (χ0n) is 11.0. The van der Waals surface area contributed by atoms with Gasteiger partial charge in [-0.15, -0.1) is 0 Å². The molecule has 0 aromatic heterocycles. The average molecular weight is 260 g/mol. The molecule has 0 unspecified atom stereocenters. The zero-order valence-corrected chi connectivity index (χ0v) is 11.0. The molecular formula is C15H20N2O2. The van der Waals surface area contributed by atoms with Gasteiger partial charge < -0.3 is 15.4 Å². The van der Waals surface area contributed by atoms with Crippen molar-refractivity contribution in [2.75, 3.05) is 32.8 Å². The topological polar surface area (TPSA) is 50.4 Å². The van der Waals surface area contributed by atoms with E-state index in [1.807, 2.05) is 18.2 Å². The van der Waals surface area contributed by atoms with Gasteiger partial charge in [-0.1, -0.05) is 30.3 Å². The Bertz CT molecular complexity index is 437. The summed E-state index contributed by atoms with van der Waals surface area (Å²) in [4.78, 5) is 12.4. The van der Waals surface area contributed by atoms with Crippen LogP contribution in [0.2, 0.25) is 0 Å². The van der Waals surface area contributed by atoms with Crippen molar-refractivity contribution in [3.05, 3.63) is 35.9 Å². The summed E-state index contributed by atoms with van der Waals surface area (Å²) in [7, 11) is 0. The summed E-state index contributed by atoms with van der Waals surface area (Å²) in [5.41, 5.74) is 0.931. The molecule has 3 rings (SSSR count). The molecule has 1 amide bonds. The summed E-state index contributed by atoms with van der Waals surface area (Å²) in [6.45, 7) is 3.60. The van der Waals surface area contributed by atoms with Crippen LogP contribution in [-0.2, 0) is 16.0 Å². The van der Waals surface area contributed by atoms with Crippen LogP contribution >= 0.6 is 0 Å². The van der Waals surface area contributed by atoms with Gasteiger partial charge in [0.2, 0.25) is 5.91 Å². The normalized spacial score (nSPS) is 29.2. The van der Waals surface area contributed by atoms with Crippen molar-refractivity contribution in [3.8, 4) is 0 Å². The number of carbonyl (C=O) groups excluding carboxylic acids is 1. The number of nitrogens with one attached hydrogen (secondary N) is 2. The molecule has 0 spiro atoms. The lowest BCUT2D eigenvalue weighted by molar-refractivity contribution is -0.131. The van der Waals surface area contributed by atoms with Crippen LogP contribution < -0.4 is 10.6 Å². The third-order valence-electron chi connectivity index (χ3n) is 4.29. The fourth-order valence-electron chi connectivity index (χ4n) is 3.05. The largest absolute Gasteiger partial charge is 0.380 e. The summed E-state index contributed by atoms with van der Waals surface area (Å²) < 4.78 is 5.50. The molecule has 2 N–H and O–H groups in total. The van der Waals surface area contributed by atoms with Crippen molar-refractivity contribution in [3.63, 3.8) is 0 Å². The first-order valence-electron chi connectivity index (χ1n) is 6.92. The second kappa shape index (κ2) is 5.31. The summed E-state index contributed by atoms with van der Waals surface area (Å²) in [5.74, 6) is 0.486. The number of hydrogen-bond acceptors (Lipinski definition) is 3. The SMILES string of the molecule is O=C(NCCc1ccccc1)[C@@]12CNC[C@@H]1COC2. The second-order valence-electron chi connectivity index (χ2n) is 5.49. The molecule has 4 nitrogen and oxygen atoms in total. The second-order valence-corrected chi connectivity index (χ2v) is 5.49. The van der Waals surface area contributed by atoms with Gasteiger partial charge in [-0.3, -0.25) is 4.79 Å². The van der Waals surface area contributed by atoms with E-state index in [9.17, 15) is 4.79 Å². The van der Waals surface area contributed by atoms with E-state index in [2.05, 4.69) is 22.8 Å². The molecule has 2 aliphatic rings. The molecule has 1 aromatic rings. The third kappa shape index (κ3) is 2.38. The quantitative estimate of drug-likeness (QED) is 0.832. The van der Waals surface area contributed by atoms with E-state index in [1.54, 1.807) is 0 Å². The van der Waals surface area contributed by atoms with Crippen molar-refractivity contribution in [2.45, 2.75) is 6.42 Å². The van der Waals surface area contributed by atoms with Crippen LogP contribution in [0.4, 0.5) is 0 Å². The van der Waals surface area contributed by atoms with Crippen molar-refractivity contribution in [1.82, 2.24) is 10.6 Å². The highest BCUT2D eigenvalue weighted by Crippen LogP contribution is 2.37. The van der Waals surface area contributed by atoms with Gasteiger partial charge in [0.25, 0.3) is 0 Å². The van der Waals surface area contributed by atoms with Gasteiger partial charge in [0.1, 0.15) is 0 Å². The van der Waals surface area contributed by atoms with E-state index in [-0.39, 0.29) is 11.3 Å². The number of hydrogen-bond donors (Lipinski definition) is 2. The Morgan fingerprint density at radius 2 is 2.26 bits per heavy atom. The molecule has 19 heavy (non-hydrogen) atoms. The van der Waals surface area contributed by atoms with Gasteiger partial charge >= 0.3 is 0 Å². The molecule has 0 radical (unpaired) electrons. The van der Waals surface area contributed by atoms with Crippen LogP contribution in [-0.4, -0.2) is 38.8 Å². The highest BCUT2D eigenvalue weighted by atomic mass is 16.5. The van der Waals surface area contributed by atoms with E-state index in [0.717, 1.165) is 19.5 Å². The van der Waals surface area contributed by atoms with Gasteiger partial charge in [-0.25, -0.2) is 0 Å². The molecule has 0 aliphatic carbocycles. The van der Waals surface area contributed by atoms with Gasteiger partial charge in [-0.2, -0.15) is 0 Å². The Balaban J connectivity index is 1.54. The van der Waals surface area contributed by atoms with Crippen LogP contribution in [0.3, 0.4) is 0 Å². The molecule has 102 valence electrons. The molecular weight excluding hydrogens is 240 g/mol. The van der Waals surface area contributed by atoms with Crippen molar-refractivity contribution < 1.29 is 9.53 Å². The van der Waals surface area contributed by atoms with Gasteiger partial charge in [0.15, 0.2) is 0 Å². The smallest absolute Gasteiger partial charge is 0.230 e. The molecule has 4 heteroatoms.